The molecule has 5 rings (SSSR count). The molecule has 0 radical (unpaired) electrons. The number of benzene rings is 2. The number of halogens is 2. The Labute approximate surface area is 186 Å². The quantitative estimate of drug-likeness (QED) is 0.402. The number of nitrogens with zero attached hydrogens (tertiary/aromatic N) is 2. The molecule has 5 heteroatoms. The van der Waals surface area contributed by atoms with E-state index in [1.165, 1.54) is 28.4 Å². The molecular formula is C23H24ClIN2O. The summed E-state index contributed by atoms with van der Waals surface area (Å²) in [5, 5.41) is 4.42. The van der Waals surface area contributed by atoms with E-state index in [0.717, 1.165) is 17.0 Å². The summed E-state index contributed by atoms with van der Waals surface area (Å²) < 4.78 is 7.24. The lowest BCUT2D eigenvalue weighted by Gasteiger charge is -2.42. The van der Waals surface area contributed by atoms with Gasteiger partial charge >= 0.3 is 0 Å². The van der Waals surface area contributed by atoms with Gasteiger partial charge in [0.25, 0.3) is 0 Å². The molecule has 0 amide bonds. The standard InChI is InChI=1S/C23H23IN2O.ClH/c1-26-18-11-12-21(26)23(19(13-18)15-7-9-17(24)10-8-15)22-14-20(25-27-22)16-5-3-2-4-6-16;/h2-10,14,18-19,21,23H,11-13H2,1H3;1H/t18?,19-,21?,23+;/m1./s1. The normalized spacial score (nSPS) is 26.8. The summed E-state index contributed by atoms with van der Waals surface area (Å²) in [5.41, 5.74) is 3.49. The minimum Gasteiger partial charge on any atom is -0.360 e. The first-order valence-corrected chi connectivity index (χ1v) is 10.8. The van der Waals surface area contributed by atoms with Crippen LogP contribution in [0.15, 0.2) is 65.2 Å². The Kier molecular flexibility index (Phi) is 5.81. The highest BCUT2D eigenvalue weighted by molar-refractivity contribution is 14.1. The topological polar surface area (TPSA) is 29.3 Å². The molecule has 2 aliphatic heterocycles. The molecule has 2 fully saturated rings. The predicted octanol–water partition coefficient (Wildman–Crippen LogP) is 6.10. The lowest BCUT2D eigenvalue weighted by atomic mass is 9.75. The van der Waals surface area contributed by atoms with Crippen molar-refractivity contribution in [2.24, 2.45) is 0 Å². The molecule has 3 nitrogen and oxygen atoms in total. The fraction of sp³-hybridized carbons (Fsp3) is 0.348. The fourth-order valence-electron chi connectivity index (χ4n) is 5.10. The Bertz CT molecular complexity index is 927. The molecule has 3 heterocycles. The molecule has 1 aromatic heterocycles. The number of hydrogen-bond donors (Lipinski definition) is 0. The largest absolute Gasteiger partial charge is 0.360 e. The van der Waals surface area contributed by atoms with Crippen molar-refractivity contribution in [3.63, 3.8) is 0 Å². The van der Waals surface area contributed by atoms with Gasteiger partial charge in [-0.3, -0.25) is 4.90 Å². The SMILES string of the molecule is CN1C2CCC1[C@@H](c1cc(-c3ccccc3)no1)[C@@H](c1ccc(I)cc1)C2.Cl. The average Bonchev–Trinajstić information content (AvgIpc) is 3.26. The maximum Gasteiger partial charge on any atom is 0.142 e. The third kappa shape index (κ3) is 3.51. The number of rotatable bonds is 3. The van der Waals surface area contributed by atoms with Gasteiger partial charge in [-0.05, 0) is 72.5 Å². The molecule has 0 N–H and O–H groups in total. The van der Waals surface area contributed by atoms with Gasteiger partial charge in [-0.25, -0.2) is 0 Å². The van der Waals surface area contributed by atoms with E-state index in [-0.39, 0.29) is 12.4 Å². The van der Waals surface area contributed by atoms with Crippen LogP contribution in [0.25, 0.3) is 11.3 Å². The minimum atomic E-state index is 0. The summed E-state index contributed by atoms with van der Waals surface area (Å²) in [4.78, 5) is 2.58. The Morgan fingerprint density at radius 3 is 2.54 bits per heavy atom. The highest BCUT2D eigenvalue weighted by Crippen LogP contribution is 2.51. The lowest BCUT2D eigenvalue weighted by Crippen LogP contribution is -2.44. The maximum absolute atomic E-state index is 5.95. The highest BCUT2D eigenvalue weighted by Gasteiger charge is 2.48. The Morgan fingerprint density at radius 2 is 1.79 bits per heavy atom. The van der Waals surface area contributed by atoms with Crippen molar-refractivity contribution in [1.82, 2.24) is 10.1 Å². The molecule has 0 spiro atoms. The zero-order chi connectivity index (χ0) is 18.4. The van der Waals surface area contributed by atoms with E-state index < -0.39 is 0 Å². The van der Waals surface area contributed by atoms with Gasteiger partial charge in [-0.2, -0.15) is 0 Å². The minimum absolute atomic E-state index is 0. The van der Waals surface area contributed by atoms with Crippen LogP contribution < -0.4 is 0 Å². The van der Waals surface area contributed by atoms with Crippen molar-refractivity contribution in [1.29, 1.82) is 0 Å². The van der Waals surface area contributed by atoms with Crippen molar-refractivity contribution in [3.8, 4) is 11.3 Å². The van der Waals surface area contributed by atoms with Crippen molar-refractivity contribution in [2.75, 3.05) is 7.05 Å². The molecule has 28 heavy (non-hydrogen) atoms. The van der Waals surface area contributed by atoms with Crippen molar-refractivity contribution >= 4 is 35.0 Å². The summed E-state index contributed by atoms with van der Waals surface area (Å²) in [6.45, 7) is 0. The summed E-state index contributed by atoms with van der Waals surface area (Å²) in [7, 11) is 2.29. The summed E-state index contributed by atoms with van der Waals surface area (Å²) in [5.74, 6) is 1.89. The molecule has 4 atom stereocenters. The van der Waals surface area contributed by atoms with Crippen LogP contribution in [0.4, 0.5) is 0 Å². The van der Waals surface area contributed by atoms with Crippen LogP contribution in [-0.4, -0.2) is 29.2 Å². The van der Waals surface area contributed by atoms with Crippen LogP contribution in [-0.2, 0) is 0 Å². The highest BCUT2D eigenvalue weighted by atomic mass is 127. The molecule has 2 aliphatic rings. The number of hydrogen-bond acceptors (Lipinski definition) is 3. The van der Waals surface area contributed by atoms with Gasteiger partial charge in [0, 0.05) is 33.2 Å². The first-order valence-electron chi connectivity index (χ1n) is 9.70. The monoisotopic (exact) mass is 506 g/mol. The zero-order valence-electron chi connectivity index (χ0n) is 15.8. The molecular weight excluding hydrogens is 483 g/mol. The Morgan fingerprint density at radius 1 is 1.04 bits per heavy atom. The van der Waals surface area contributed by atoms with Crippen LogP contribution in [0.3, 0.4) is 0 Å². The molecule has 146 valence electrons. The van der Waals surface area contributed by atoms with Gasteiger partial charge < -0.3 is 4.52 Å². The number of aromatic nitrogens is 1. The van der Waals surface area contributed by atoms with Crippen molar-refractivity contribution in [3.05, 3.63) is 75.6 Å². The van der Waals surface area contributed by atoms with Crippen molar-refractivity contribution < 1.29 is 4.52 Å². The summed E-state index contributed by atoms with van der Waals surface area (Å²) in [6.07, 6.45) is 3.73. The van der Waals surface area contributed by atoms with E-state index in [9.17, 15) is 0 Å². The number of likely N-dealkylation sites (N-methyl/N-ethyl adjacent to an activating group) is 1. The second kappa shape index (κ2) is 8.17. The second-order valence-electron chi connectivity index (χ2n) is 7.86. The van der Waals surface area contributed by atoms with Crippen LogP contribution in [0, 0.1) is 3.57 Å². The van der Waals surface area contributed by atoms with E-state index in [2.05, 4.69) is 82.2 Å². The zero-order valence-corrected chi connectivity index (χ0v) is 18.8. The predicted molar refractivity (Wildman–Crippen MR) is 123 cm³/mol. The van der Waals surface area contributed by atoms with Crippen LogP contribution in [0.5, 0.6) is 0 Å². The fourth-order valence-corrected chi connectivity index (χ4v) is 5.46. The molecule has 2 unspecified atom stereocenters. The van der Waals surface area contributed by atoms with E-state index in [1.54, 1.807) is 0 Å². The van der Waals surface area contributed by atoms with Crippen LogP contribution >= 0.6 is 35.0 Å². The maximum atomic E-state index is 5.95. The number of fused-ring (bicyclic) bond motifs is 2. The molecule has 2 bridgehead atoms. The van der Waals surface area contributed by atoms with E-state index in [0.29, 0.717) is 23.9 Å². The van der Waals surface area contributed by atoms with Gasteiger partial charge in [-0.15, -0.1) is 12.4 Å². The van der Waals surface area contributed by atoms with E-state index >= 15 is 0 Å². The van der Waals surface area contributed by atoms with E-state index in [4.69, 9.17) is 4.52 Å². The summed E-state index contributed by atoms with van der Waals surface area (Å²) in [6, 6.07) is 22.8. The molecule has 2 saturated heterocycles. The molecule has 2 aromatic carbocycles. The Balaban J connectivity index is 0.00000192. The molecule has 0 saturated carbocycles. The van der Waals surface area contributed by atoms with Crippen LogP contribution in [0.1, 0.15) is 42.4 Å². The van der Waals surface area contributed by atoms with E-state index in [1.807, 2.05) is 18.2 Å². The van der Waals surface area contributed by atoms with Gasteiger partial charge in [-0.1, -0.05) is 47.6 Å². The Hall–Kier alpha value is -1.37. The lowest BCUT2D eigenvalue weighted by molar-refractivity contribution is 0.122. The van der Waals surface area contributed by atoms with Gasteiger partial charge in [0.15, 0.2) is 0 Å². The summed E-state index contributed by atoms with van der Waals surface area (Å²) >= 11 is 2.38. The first-order chi connectivity index (χ1) is 13.2. The number of piperidine rings is 1. The molecule has 3 aromatic rings. The molecule has 0 aliphatic carbocycles. The third-order valence-electron chi connectivity index (χ3n) is 6.49. The first kappa shape index (κ1) is 19.9. The van der Waals surface area contributed by atoms with Gasteiger partial charge in [0.2, 0.25) is 0 Å². The van der Waals surface area contributed by atoms with Crippen LogP contribution in [0.2, 0.25) is 0 Å². The third-order valence-corrected chi connectivity index (χ3v) is 7.21. The average molecular weight is 507 g/mol. The van der Waals surface area contributed by atoms with Gasteiger partial charge in [0.05, 0.1) is 0 Å². The smallest absolute Gasteiger partial charge is 0.142 e. The second-order valence-corrected chi connectivity index (χ2v) is 9.11. The van der Waals surface area contributed by atoms with Gasteiger partial charge in [0.1, 0.15) is 11.5 Å². The van der Waals surface area contributed by atoms with Crippen molar-refractivity contribution in [2.45, 2.75) is 43.2 Å².